The number of aryl methyl sites for hydroxylation is 2. The molecule has 4 saturated carbocycles. The lowest BCUT2D eigenvalue weighted by Gasteiger charge is -2.61. The first-order valence-electron chi connectivity index (χ1n) is 13.2. The summed E-state index contributed by atoms with van der Waals surface area (Å²) in [7, 11) is 0. The summed E-state index contributed by atoms with van der Waals surface area (Å²) in [6.07, 6.45) is 9.08. The Balaban J connectivity index is 1.21. The van der Waals surface area contributed by atoms with Crippen LogP contribution in [0.2, 0.25) is 0 Å². The summed E-state index contributed by atoms with van der Waals surface area (Å²) in [5.41, 5.74) is 12.8. The number of benzene rings is 2. The fraction of sp³-hybridized carbons (Fsp3) is 0.433. The smallest absolute Gasteiger partial charge is 0.233 e. The predicted octanol–water partition coefficient (Wildman–Crippen LogP) is 5.97. The van der Waals surface area contributed by atoms with Crippen LogP contribution in [0.4, 0.5) is 5.82 Å². The maximum absolute atomic E-state index is 6.50. The van der Waals surface area contributed by atoms with Crippen molar-refractivity contribution in [3.05, 3.63) is 82.9 Å². The van der Waals surface area contributed by atoms with Gasteiger partial charge in [-0.1, -0.05) is 53.7 Å². The van der Waals surface area contributed by atoms with Gasteiger partial charge in [0, 0.05) is 0 Å². The van der Waals surface area contributed by atoms with Crippen molar-refractivity contribution in [2.24, 2.45) is 11.8 Å². The number of hydrogen-bond donors (Lipinski definition) is 1. The van der Waals surface area contributed by atoms with Gasteiger partial charge in [0.1, 0.15) is 5.82 Å². The topological polar surface area (TPSA) is 82.8 Å². The van der Waals surface area contributed by atoms with Gasteiger partial charge in [0.05, 0.1) is 23.7 Å². The minimum absolute atomic E-state index is 0.0388. The summed E-state index contributed by atoms with van der Waals surface area (Å²) in [4.78, 5) is 5.00. The molecule has 2 aromatic heterocycles. The highest BCUT2D eigenvalue weighted by atomic mass is 16.5. The summed E-state index contributed by atoms with van der Waals surface area (Å²) in [6.45, 7) is 5.05. The molecule has 4 aliphatic carbocycles. The molecule has 2 unspecified atom stereocenters. The second kappa shape index (κ2) is 7.79. The third-order valence-corrected chi connectivity index (χ3v) is 9.36. The van der Waals surface area contributed by atoms with Crippen molar-refractivity contribution in [2.75, 3.05) is 5.73 Å². The Labute approximate surface area is 211 Å². The first-order chi connectivity index (χ1) is 17.4. The van der Waals surface area contributed by atoms with E-state index in [1.807, 2.05) is 18.2 Å². The molecule has 0 aliphatic heterocycles. The number of nitrogens with zero attached hydrogens (tertiary/aromatic N) is 4. The van der Waals surface area contributed by atoms with Gasteiger partial charge < -0.3 is 10.3 Å². The standard InChI is InChI=1S/C30H33N5O/c1-19-8-9-24(10-20(19)2)29-12-22-11-23(13-29)15-30(14-22,18-29)28-33-27(34-36-28)25-16-32-35(26(25)31)17-21-6-4-3-5-7-21/h3-10,16,22-23H,11-15,17-18,31H2,1-2H3. The molecule has 2 aromatic carbocycles. The molecule has 4 aliphatic rings. The summed E-state index contributed by atoms with van der Waals surface area (Å²) in [5.74, 6) is 3.37. The van der Waals surface area contributed by atoms with Crippen molar-refractivity contribution in [1.82, 2.24) is 19.9 Å². The van der Waals surface area contributed by atoms with Gasteiger partial charge in [-0.3, -0.25) is 0 Å². The minimum Gasteiger partial charge on any atom is -0.383 e. The van der Waals surface area contributed by atoms with Gasteiger partial charge in [0.25, 0.3) is 0 Å². The molecule has 0 amide bonds. The van der Waals surface area contributed by atoms with Gasteiger partial charge in [-0.2, -0.15) is 10.1 Å². The van der Waals surface area contributed by atoms with E-state index in [-0.39, 0.29) is 10.8 Å². The zero-order valence-corrected chi connectivity index (χ0v) is 21.1. The molecule has 4 aromatic rings. The molecular weight excluding hydrogens is 446 g/mol. The van der Waals surface area contributed by atoms with E-state index in [0.717, 1.165) is 48.1 Å². The van der Waals surface area contributed by atoms with Gasteiger partial charge in [-0.15, -0.1) is 0 Å². The molecule has 2 N–H and O–H groups in total. The van der Waals surface area contributed by atoms with E-state index in [1.165, 1.54) is 36.0 Å². The number of anilines is 1. The van der Waals surface area contributed by atoms with E-state index in [9.17, 15) is 0 Å². The lowest BCUT2D eigenvalue weighted by Crippen LogP contribution is -2.56. The van der Waals surface area contributed by atoms with Gasteiger partial charge >= 0.3 is 0 Å². The molecule has 36 heavy (non-hydrogen) atoms. The fourth-order valence-electron chi connectivity index (χ4n) is 7.92. The van der Waals surface area contributed by atoms with E-state index < -0.39 is 0 Å². The number of rotatable bonds is 5. The lowest BCUT2D eigenvalue weighted by molar-refractivity contribution is -0.0412. The first-order valence-corrected chi connectivity index (χ1v) is 13.2. The molecular formula is C30H33N5O. The quantitative estimate of drug-likeness (QED) is 0.381. The minimum atomic E-state index is -0.0388. The summed E-state index contributed by atoms with van der Waals surface area (Å²) in [5, 5.41) is 8.95. The van der Waals surface area contributed by atoms with Crippen LogP contribution in [0.15, 0.2) is 59.3 Å². The van der Waals surface area contributed by atoms with Crippen LogP contribution < -0.4 is 5.73 Å². The van der Waals surface area contributed by atoms with Crippen LogP contribution in [-0.2, 0) is 17.4 Å². The number of nitrogen functional groups attached to an aromatic ring is 1. The third kappa shape index (κ3) is 3.34. The van der Waals surface area contributed by atoms with Crippen molar-refractivity contribution in [1.29, 1.82) is 0 Å². The van der Waals surface area contributed by atoms with E-state index in [4.69, 9.17) is 15.2 Å². The van der Waals surface area contributed by atoms with Gasteiger partial charge in [0.2, 0.25) is 11.7 Å². The van der Waals surface area contributed by atoms with Crippen LogP contribution in [0, 0.1) is 25.7 Å². The molecule has 6 nitrogen and oxygen atoms in total. The largest absolute Gasteiger partial charge is 0.383 e. The maximum Gasteiger partial charge on any atom is 0.233 e. The zero-order chi connectivity index (χ0) is 24.5. The van der Waals surface area contributed by atoms with E-state index >= 15 is 0 Å². The molecule has 184 valence electrons. The molecule has 4 bridgehead atoms. The van der Waals surface area contributed by atoms with Gasteiger partial charge in [-0.05, 0) is 91.9 Å². The highest BCUT2D eigenvalue weighted by Crippen LogP contribution is 2.66. The molecule has 4 fully saturated rings. The summed E-state index contributed by atoms with van der Waals surface area (Å²) in [6, 6.07) is 17.3. The van der Waals surface area contributed by atoms with Crippen LogP contribution in [0.1, 0.15) is 66.7 Å². The molecule has 0 spiro atoms. The Hall–Kier alpha value is -3.41. The Morgan fingerprint density at radius 3 is 2.47 bits per heavy atom. The van der Waals surface area contributed by atoms with Gasteiger partial charge in [-0.25, -0.2) is 4.68 Å². The summed E-state index contributed by atoms with van der Waals surface area (Å²) < 4.78 is 7.86. The van der Waals surface area contributed by atoms with Crippen molar-refractivity contribution >= 4 is 5.82 Å². The number of aromatic nitrogens is 4. The number of hydrogen-bond acceptors (Lipinski definition) is 5. The molecule has 6 heteroatoms. The van der Waals surface area contributed by atoms with E-state index in [1.54, 1.807) is 10.9 Å². The Kier molecular flexibility index (Phi) is 4.73. The van der Waals surface area contributed by atoms with Crippen LogP contribution in [-0.4, -0.2) is 19.9 Å². The molecule has 2 atom stereocenters. The third-order valence-electron chi connectivity index (χ3n) is 9.36. The van der Waals surface area contributed by atoms with Crippen molar-refractivity contribution in [3.8, 4) is 11.4 Å². The monoisotopic (exact) mass is 479 g/mol. The highest BCUT2D eigenvalue weighted by Gasteiger charge is 2.60. The first kappa shape index (κ1) is 21.8. The molecule has 8 rings (SSSR count). The fourth-order valence-corrected chi connectivity index (χ4v) is 7.92. The van der Waals surface area contributed by atoms with E-state index in [0.29, 0.717) is 18.2 Å². The Bertz CT molecular complexity index is 1420. The lowest BCUT2D eigenvalue weighted by atomic mass is 9.43. The summed E-state index contributed by atoms with van der Waals surface area (Å²) >= 11 is 0. The van der Waals surface area contributed by atoms with Crippen LogP contribution in [0.5, 0.6) is 0 Å². The normalized spacial score (nSPS) is 28.6. The van der Waals surface area contributed by atoms with Crippen molar-refractivity contribution in [2.45, 2.75) is 69.7 Å². The zero-order valence-electron chi connectivity index (χ0n) is 21.1. The highest BCUT2D eigenvalue weighted by molar-refractivity contribution is 5.67. The average molecular weight is 480 g/mol. The van der Waals surface area contributed by atoms with E-state index in [2.05, 4.69) is 54.4 Å². The Morgan fingerprint density at radius 2 is 1.72 bits per heavy atom. The molecule has 0 radical (unpaired) electrons. The Morgan fingerprint density at radius 1 is 0.972 bits per heavy atom. The molecule has 2 heterocycles. The van der Waals surface area contributed by atoms with Crippen LogP contribution >= 0.6 is 0 Å². The maximum atomic E-state index is 6.50. The SMILES string of the molecule is Cc1ccc(C23CC4CC(C2)CC(c2nc(-c5cnn(Cc6ccccc6)c5N)no2)(C4)C3)cc1C. The van der Waals surface area contributed by atoms with Crippen LogP contribution in [0.3, 0.4) is 0 Å². The van der Waals surface area contributed by atoms with Gasteiger partial charge in [0.15, 0.2) is 0 Å². The van der Waals surface area contributed by atoms with Crippen LogP contribution in [0.25, 0.3) is 11.4 Å². The number of nitrogens with two attached hydrogens (primary N) is 1. The van der Waals surface area contributed by atoms with Crippen molar-refractivity contribution in [3.63, 3.8) is 0 Å². The second-order valence-electron chi connectivity index (χ2n) is 11.8. The average Bonchev–Trinajstić information content (AvgIpc) is 3.48. The van der Waals surface area contributed by atoms with Crippen molar-refractivity contribution < 1.29 is 4.52 Å². The second-order valence-corrected chi connectivity index (χ2v) is 11.8. The predicted molar refractivity (Wildman–Crippen MR) is 139 cm³/mol. The molecule has 0 saturated heterocycles.